The van der Waals surface area contributed by atoms with Crippen molar-refractivity contribution in [3.63, 3.8) is 0 Å². The number of carbonyl (C=O) groups is 3. The summed E-state index contributed by atoms with van der Waals surface area (Å²) in [6.45, 7) is 18.5. The van der Waals surface area contributed by atoms with Crippen LogP contribution < -0.4 is 49.2 Å². The third-order valence-corrected chi connectivity index (χ3v) is 20.3. The fraction of sp³-hybridized carbons (Fsp3) is 0.214. The van der Waals surface area contributed by atoms with E-state index in [1.807, 2.05) is 146 Å². The molecule has 7 aromatic heterocycles. The van der Waals surface area contributed by atoms with Gasteiger partial charge in [-0.15, -0.1) is 0 Å². The van der Waals surface area contributed by atoms with E-state index >= 15 is 0 Å². The Morgan fingerprint density at radius 3 is 1.21 bits per heavy atom. The van der Waals surface area contributed by atoms with Gasteiger partial charge in [0.1, 0.15) is 29.8 Å². The number of nitrogen functional groups attached to an aromatic ring is 2. The predicted octanol–water partition coefficient (Wildman–Crippen LogP) is 15.4. The first-order chi connectivity index (χ1) is 57.9. The number of hydrogen-bond acceptors (Lipinski definition) is 23. The summed E-state index contributed by atoms with van der Waals surface area (Å²) in [6, 6.07) is 40.1. The first-order valence-electron chi connectivity index (χ1n) is 37.1. The van der Waals surface area contributed by atoms with Gasteiger partial charge in [-0.3, -0.25) is 24.6 Å². The smallest absolute Gasteiger partial charge is 0.399 e. The third kappa shape index (κ3) is 22.8. The van der Waals surface area contributed by atoms with Crippen molar-refractivity contribution in [2.24, 2.45) is 5.73 Å². The lowest BCUT2D eigenvalue weighted by atomic mass is 9.78. The maximum absolute atomic E-state index is 13.7. The monoisotopic (exact) mass is 1790 g/mol. The molecule has 8 heterocycles. The average Bonchev–Trinajstić information content (AvgIpc) is 1.62. The zero-order valence-corrected chi connectivity index (χ0v) is 69.9. The standard InChI is InChI=1S/C28H30BF2N5O3.C28H23F2N9O.C14H9F3N4O.C8H10BrN.C6H5BrN4/c1-16(18-7-10-20(11-8-18)29-38-27(3,4)28(5,6)39-29)34-25-24(36-21(14-32)15-33-25)26(37)35-17(2)19-9-12-22(30)23(31)13-19;1-14(16-3-5-17(6-4-16)19-9-21-25(32)38-39-26(21)33-12-19)35-27-24(37-20(11-31)13-34-27)28(40)36-15(2)18-7-8-22(29)23(30)10-18;1-7(8-2-3-10(15)11(16)4-8)20-14(22)12-13(17)19-6-9(5-18)21-12;1-6(10)7-2-4-8(9)5-3-7;7-3-1-4-5(8)10-11-6(4)9-2-3/h7-13,15-17H,1-6H3,(H,33,34)(H,35,37);3-10,12-15H,1-2H3,(H,34,35)(H,36,40)(H3,32,33,38,39);2-4,6-7H,1H3,(H,20,22);2-6H,10H2,1H3;1-2H,(H3,8,9,10,11)/t16-,17+;14-,15+;7-;6-;/m1101./s1. The predicted molar refractivity (Wildman–Crippen MR) is 450 cm³/mol. The number of pyridine rings is 2. The fourth-order valence-corrected chi connectivity index (χ4v) is 12.2. The number of aromatic amines is 2. The Kier molecular flexibility index (Phi) is 29.6. The molecule has 0 aliphatic carbocycles. The molecule has 38 heteroatoms. The molecule has 6 aromatic carbocycles. The number of fused-ring (bicyclic) bond motifs is 2. The summed E-state index contributed by atoms with van der Waals surface area (Å²) in [4.78, 5) is 70.1. The van der Waals surface area contributed by atoms with E-state index in [1.165, 1.54) is 43.1 Å². The molecule has 624 valence electrons. The number of nitrogens with zero attached hydrogens (tertiary/aromatic N) is 13. The fourth-order valence-electron chi connectivity index (χ4n) is 11.6. The summed E-state index contributed by atoms with van der Waals surface area (Å²) in [5.74, 6) is -8.04. The number of amides is 3. The van der Waals surface area contributed by atoms with Crippen LogP contribution in [-0.4, -0.2) is 96.3 Å². The molecule has 0 unspecified atom stereocenters. The quantitative estimate of drug-likeness (QED) is 0.0282. The van der Waals surface area contributed by atoms with Crippen molar-refractivity contribution in [3.8, 4) is 29.3 Å². The highest BCUT2D eigenvalue weighted by molar-refractivity contribution is 9.10. The van der Waals surface area contributed by atoms with Gasteiger partial charge in [0.2, 0.25) is 5.95 Å². The summed E-state index contributed by atoms with van der Waals surface area (Å²) in [6.07, 6.45) is 6.83. The molecule has 0 spiro atoms. The van der Waals surface area contributed by atoms with Crippen LogP contribution in [0.3, 0.4) is 0 Å². The number of benzene rings is 6. The van der Waals surface area contributed by atoms with Crippen molar-refractivity contribution in [2.75, 3.05) is 22.1 Å². The number of hydrogen-bond donors (Lipinski definition) is 10. The number of anilines is 4. The first-order valence-corrected chi connectivity index (χ1v) is 38.7. The van der Waals surface area contributed by atoms with E-state index in [2.05, 4.69) is 119 Å². The van der Waals surface area contributed by atoms with E-state index < -0.39 is 101 Å². The summed E-state index contributed by atoms with van der Waals surface area (Å²) in [5, 5.41) is 56.3. The summed E-state index contributed by atoms with van der Waals surface area (Å²) in [7, 11) is -0.483. The number of halogens is 9. The van der Waals surface area contributed by atoms with Crippen LogP contribution in [0.4, 0.5) is 54.0 Å². The van der Waals surface area contributed by atoms with E-state index in [-0.39, 0.29) is 63.8 Å². The van der Waals surface area contributed by atoms with Gasteiger partial charge in [0.05, 0.1) is 70.8 Å². The Hall–Kier alpha value is -13.7. The topological polar surface area (TPSA) is 440 Å². The molecule has 28 nitrogen and oxygen atoms in total. The van der Waals surface area contributed by atoms with Crippen LogP contribution in [0.15, 0.2) is 179 Å². The van der Waals surface area contributed by atoms with Gasteiger partial charge in [-0.25, -0.2) is 66.2 Å². The lowest BCUT2D eigenvalue weighted by Crippen LogP contribution is -2.41. The Morgan fingerprint density at radius 2 is 0.803 bits per heavy atom. The molecule has 0 radical (unpaired) electrons. The van der Waals surface area contributed by atoms with E-state index in [0.717, 1.165) is 90.0 Å². The number of nitrogens with two attached hydrogens (primary N) is 3. The first kappa shape index (κ1) is 90.6. The average molecular weight is 1790 g/mol. The molecule has 122 heavy (non-hydrogen) atoms. The number of H-pyrrole nitrogens is 2. The minimum atomic E-state index is -1.13. The number of nitrogens with one attached hydrogen (secondary N) is 7. The second-order valence-electron chi connectivity index (χ2n) is 28.6. The normalized spacial score (nSPS) is 13.7. The molecule has 14 rings (SSSR count). The molecular weight excluding hydrogens is 1710 g/mol. The van der Waals surface area contributed by atoms with Gasteiger partial charge in [0.25, 0.3) is 17.7 Å². The largest absolute Gasteiger partial charge is 0.494 e. The molecule has 13 aromatic rings. The van der Waals surface area contributed by atoms with Crippen LogP contribution in [0.25, 0.3) is 33.2 Å². The van der Waals surface area contributed by atoms with Gasteiger partial charge in [0.15, 0.2) is 92.0 Å². The molecule has 6 atom stereocenters. The second-order valence-corrected chi connectivity index (χ2v) is 30.4. The molecule has 1 saturated heterocycles. The SMILES string of the molecule is C[C@@H](N)c1ccc(Br)cc1.C[C@H](NC(=O)c1nc(C#N)cnc1F)c1ccc(F)c(F)c1.C[C@H](NC(=O)c1nc(C#N)cnc1N[C@H](C)c1ccc(-c2cnc3n[nH]c(N)c3c2)cc1)c1ccc(F)c(F)c1.C[C@H](NC(=O)c1nc(C#N)cnc1N[C@H](C)c1ccc(B2OC(C)(C)C(C)(C)O2)cc1)c1ccc(F)c(F)c1.Nc1[nH]nc2ncc(Br)cc12. The minimum Gasteiger partial charge on any atom is -0.399 e. The Balaban J connectivity index is 0.000000175. The minimum absolute atomic E-state index is 0.0365. The van der Waals surface area contributed by atoms with Gasteiger partial charge in [-0.2, -0.15) is 30.4 Å². The highest BCUT2D eigenvalue weighted by atomic mass is 79.9. The van der Waals surface area contributed by atoms with E-state index in [4.69, 9.17) is 31.8 Å². The Labute approximate surface area is 711 Å². The second kappa shape index (κ2) is 39.9. The zero-order chi connectivity index (χ0) is 88.6. The van der Waals surface area contributed by atoms with Crippen molar-refractivity contribution in [2.45, 2.75) is 117 Å². The zero-order valence-electron chi connectivity index (χ0n) is 66.7. The lowest BCUT2D eigenvalue weighted by Gasteiger charge is -2.32. The van der Waals surface area contributed by atoms with Gasteiger partial charge in [-0.1, -0.05) is 94.8 Å². The Morgan fingerprint density at radius 1 is 0.434 bits per heavy atom. The number of rotatable bonds is 18. The number of aromatic nitrogens is 12. The maximum atomic E-state index is 13.7. The molecule has 0 saturated carbocycles. The van der Waals surface area contributed by atoms with Gasteiger partial charge in [0, 0.05) is 32.9 Å². The van der Waals surface area contributed by atoms with Gasteiger partial charge in [-0.05, 0) is 190 Å². The highest BCUT2D eigenvalue weighted by Crippen LogP contribution is 2.37. The lowest BCUT2D eigenvalue weighted by molar-refractivity contribution is 0.00578. The number of carbonyl (C=O) groups excluding carboxylic acids is 3. The molecule has 1 aliphatic heterocycles. The molecule has 13 N–H and O–H groups in total. The molecule has 1 fully saturated rings. The highest BCUT2D eigenvalue weighted by Gasteiger charge is 2.51. The maximum Gasteiger partial charge on any atom is 0.494 e. The van der Waals surface area contributed by atoms with Crippen LogP contribution >= 0.6 is 31.9 Å². The third-order valence-electron chi connectivity index (χ3n) is 19.3. The molecule has 3 amide bonds. The molecular formula is C84H77BBr2F7N23O5. The van der Waals surface area contributed by atoms with Crippen LogP contribution in [-0.2, 0) is 9.31 Å². The summed E-state index contributed by atoms with van der Waals surface area (Å²) < 4.78 is 108. The summed E-state index contributed by atoms with van der Waals surface area (Å²) >= 11 is 6.65. The Bertz CT molecular complexity index is 6100. The van der Waals surface area contributed by atoms with Crippen LogP contribution in [0, 0.1) is 74.8 Å². The van der Waals surface area contributed by atoms with Gasteiger partial charge >= 0.3 is 7.12 Å². The molecule has 0 bridgehead atoms. The van der Waals surface area contributed by atoms with Crippen molar-refractivity contribution in [1.82, 2.24) is 76.2 Å². The van der Waals surface area contributed by atoms with E-state index in [0.29, 0.717) is 34.1 Å². The van der Waals surface area contributed by atoms with Crippen LogP contribution in [0.5, 0.6) is 0 Å². The van der Waals surface area contributed by atoms with Crippen molar-refractivity contribution in [3.05, 3.63) is 288 Å². The summed E-state index contributed by atoms with van der Waals surface area (Å²) in [5.41, 5.74) is 23.0. The van der Waals surface area contributed by atoms with Crippen molar-refractivity contribution >= 4 is 108 Å². The molecule has 1 aliphatic rings. The van der Waals surface area contributed by atoms with Crippen molar-refractivity contribution in [1.29, 1.82) is 15.8 Å². The number of nitriles is 3. The van der Waals surface area contributed by atoms with E-state index in [9.17, 15) is 55.6 Å². The van der Waals surface area contributed by atoms with Gasteiger partial charge < -0.3 is 53.1 Å². The van der Waals surface area contributed by atoms with Crippen LogP contribution in [0.2, 0.25) is 0 Å². The van der Waals surface area contributed by atoms with E-state index in [1.54, 1.807) is 32.3 Å². The van der Waals surface area contributed by atoms with Crippen LogP contribution in [0.1, 0.15) is 187 Å². The van der Waals surface area contributed by atoms with Crippen molar-refractivity contribution < 1.29 is 54.4 Å².